The van der Waals surface area contributed by atoms with Gasteiger partial charge in [0.25, 0.3) is 0 Å². The Labute approximate surface area is 132 Å². The molecule has 1 heterocycles. The van der Waals surface area contributed by atoms with E-state index in [0.29, 0.717) is 5.13 Å². The van der Waals surface area contributed by atoms with Crippen LogP contribution in [0.4, 0.5) is 9.93 Å². The van der Waals surface area contributed by atoms with Crippen LogP contribution in [0.3, 0.4) is 0 Å². The fraction of sp³-hybridized carbons (Fsp3) is 0.267. The highest BCUT2D eigenvalue weighted by Crippen LogP contribution is 2.22. The van der Waals surface area contributed by atoms with Crippen molar-refractivity contribution in [3.8, 4) is 0 Å². The lowest BCUT2D eigenvalue weighted by Crippen LogP contribution is -2.35. The van der Waals surface area contributed by atoms with E-state index in [-0.39, 0.29) is 12.3 Å². The maximum Gasteiger partial charge on any atom is 0.312 e. The van der Waals surface area contributed by atoms with Gasteiger partial charge in [-0.15, -0.1) is 11.3 Å². The molecule has 3 amide bonds. The summed E-state index contributed by atoms with van der Waals surface area (Å²) in [5, 5.41) is 7.76. The Morgan fingerprint density at radius 2 is 2.05 bits per heavy atom. The van der Waals surface area contributed by atoms with Crippen LogP contribution in [-0.4, -0.2) is 16.9 Å². The summed E-state index contributed by atoms with van der Waals surface area (Å²) in [6.45, 7) is 3.78. The molecule has 0 saturated heterocycles. The zero-order chi connectivity index (χ0) is 16.1. The lowest BCUT2D eigenvalue weighted by molar-refractivity contribution is -0.116. The van der Waals surface area contributed by atoms with Crippen molar-refractivity contribution in [1.29, 1.82) is 0 Å². The van der Waals surface area contributed by atoms with Crippen LogP contribution in [0.15, 0.2) is 29.6 Å². The molecule has 7 heteroatoms. The minimum atomic E-state index is -0.661. The molecule has 0 aliphatic heterocycles. The van der Waals surface area contributed by atoms with Crippen molar-refractivity contribution in [1.82, 2.24) is 10.3 Å². The fourth-order valence-electron chi connectivity index (χ4n) is 2.16. The van der Waals surface area contributed by atoms with Crippen molar-refractivity contribution in [3.05, 3.63) is 46.5 Å². The maximum atomic E-state index is 12.2. The third kappa shape index (κ3) is 4.29. The Hall–Kier alpha value is -2.41. The van der Waals surface area contributed by atoms with Crippen molar-refractivity contribution in [3.63, 3.8) is 0 Å². The Morgan fingerprint density at radius 3 is 2.64 bits per heavy atom. The molecular formula is C15H18N4O2S. The molecule has 22 heavy (non-hydrogen) atoms. The lowest BCUT2D eigenvalue weighted by Gasteiger charge is -2.19. The van der Waals surface area contributed by atoms with Crippen LogP contribution in [0.25, 0.3) is 0 Å². The van der Waals surface area contributed by atoms with E-state index in [2.05, 4.69) is 15.6 Å². The number of amides is 3. The second-order valence-electron chi connectivity index (χ2n) is 4.96. The Balaban J connectivity index is 2.11. The molecule has 116 valence electrons. The van der Waals surface area contributed by atoms with Gasteiger partial charge in [0, 0.05) is 5.38 Å². The first kappa shape index (κ1) is 16.0. The Kier molecular flexibility index (Phi) is 5.11. The number of hydrogen-bond acceptors (Lipinski definition) is 4. The largest absolute Gasteiger partial charge is 0.352 e. The molecule has 6 nitrogen and oxygen atoms in total. The quantitative estimate of drug-likeness (QED) is 0.790. The molecule has 0 bridgehead atoms. The minimum Gasteiger partial charge on any atom is -0.352 e. The van der Waals surface area contributed by atoms with Gasteiger partial charge in [0.1, 0.15) is 0 Å². The molecule has 1 atom stereocenters. The van der Waals surface area contributed by atoms with Crippen LogP contribution in [0.1, 0.15) is 29.3 Å². The number of carbonyl (C=O) groups is 2. The summed E-state index contributed by atoms with van der Waals surface area (Å²) < 4.78 is 0. The van der Waals surface area contributed by atoms with E-state index in [1.54, 1.807) is 0 Å². The molecule has 0 saturated carbocycles. The van der Waals surface area contributed by atoms with Crippen molar-refractivity contribution < 1.29 is 9.59 Å². The van der Waals surface area contributed by atoms with Crippen LogP contribution in [0.2, 0.25) is 0 Å². The fourth-order valence-corrected chi connectivity index (χ4v) is 2.86. The predicted molar refractivity (Wildman–Crippen MR) is 86.7 cm³/mol. The number of aryl methyl sites for hydroxylation is 2. The molecule has 0 aliphatic rings. The standard InChI is InChI=1S/C15H18N4O2S/c1-9-5-3-4-6-11(9)12(18-14(16)21)7-13(20)19-15-17-10(2)8-22-15/h3-6,8,12H,7H2,1-2H3,(H3,16,18,21)(H,17,19,20). The van der Waals surface area contributed by atoms with Crippen LogP contribution < -0.4 is 16.4 Å². The summed E-state index contributed by atoms with van der Waals surface area (Å²) >= 11 is 1.36. The normalized spacial score (nSPS) is 11.7. The number of rotatable bonds is 5. The first-order chi connectivity index (χ1) is 10.5. The van der Waals surface area contributed by atoms with Gasteiger partial charge >= 0.3 is 6.03 Å². The number of nitrogens with one attached hydrogen (secondary N) is 2. The number of nitrogens with two attached hydrogens (primary N) is 1. The summed E-state index contributed by atoms with van der Waals surface area (Å²) in [4.78, 5) is 27.6. The summed E-state index contributed by atoms with van der Waals surface area (Å²) in [5.74, 6) is -0.226. The first-order valence-corrected chi connectivity index (χ1v) is 7.67. The number of carbonyl (C=O) groups excluding carboxylic acids is 2. The number of aromatic nitrogens is 1. The average molecular weight is 318 g/mol. The van der Waals surface area contributed by atoms with Crippen molar-refractivity contribution >= 4 is 28.4 Å². The third-order valence-corrected chi connectivity index (χ3v) is 4.01. The van der Waals surface area contributed by atoms with Gasteiger partial charge in [-0.2, -0.15) is 0 Å². The van der Waals surface area contributed by atoms with E-state index in [9.17, 15) is 9.59 Å². The lowest BCUT2D eigenvalue weighted by atomic mass is 9.98. The van der Waals surface area contributed by atoms with E-state index in [1.165, 1.54) is 11.3 Å². The summed E-state index contributed by atoms with van der Waals surface area (Å²) in [6, 6.07) is 6.42. The van der Waals surface area contributed by atoms with Crippen molar-refractivity contribution in [2.45, 2.75) is 26.3 Å². The molecule has 2 aromatic rings. The van der Waals surface area contributed by atoms with Gasteiger partial charge in [-0.3, -0.25) is 4.79 Å². The zero-order valence-electron chi connectivity index (χ0n) is 12.4. The number of thiazole rings is 1. The van der Waals surface area contributed by atoms with Gasteiger partial charge in [-0.1, -0.05) is 24.3 Å². The Bertz CT molecular complexity index is 684. The van der Waals surface area contributed by atoms with Gasteiger partial charge in [0.05, 0.1) is 18.2 Å². The van der Waals surface area contributed by atoms with Gasteiger partial charge in [0.2, 0.25) is 5.91 Å². The van der Waals surface area contributed by atoms with Gasteiger partial charge in [0.15, 0.2) is 5.13 Å². The van der Waals surface area contributed by atoms with Crippen LogP contribution in [-0.2, 0) is 4.79 Å². The molecular weight excluding hydrogens is 300 g/mol. The minimum absolute atomic E-state index is 0.0897. The van der Waals surface area contributed by atoms with Crippen molar-refractivity contribution in [2.75, 3.05) is 5.32 Å². The Morgan fingerprint density at radius 1 is 1.32 bits per heavy atom. The molecule has 1 aromatic heterocycles. The van der Waals surface area contributed by atoms with Gasteiger partial charge in [-0.05, 0) is 25.0 Å². The van der Waals surface area contributed by atoms with Crippen LogP contribution in [0.5, 0.6) is 0 Å². The molecule has 0 fully saturated rings. The van der Waals surface area contributed by atoms with E-state index in [4.69, 9.17) is 5.73 Å². The predicted octanol–water partition coefficient (Wildman–Crippen LogP) is 2.50. The molecule has 2 rings (SSSR count). The molecule has 1 aromatic carbocycles. The van der Waals surface area contributed by atoms with Crippen LogP contribution >= 0.6 is 11.3 Å². The number of benzene rings is 1. The first-order valence-electron chi connectivity index (χ1n) is 6.79. The second kappa shape index (κ2) is 7.04. The SMILES string of the molecule is Cc1csc(NC(=O)CC(NC(N)=O)c2ccccc2C)n1. The molecule has 0 aliphatic carbocycles. The number of anilines is 1. The number of hydrogen-bond donors (Lipinski definition) is 3. The topological polar surface area (TPSA) is 97.1 Å². The number of nitrogens with zero attached hydrogens (tertiary/aromatic N) is 1. The van der Waals surface area contributed by atoms with Crippen molar-refractivity contribution in [2.24, 2.45) is 5.73 Å². The highest BCUT2D eigenvalue weighted by molar-refractivity contribution is 7.13. The monoisotopic (exact) mass is 318 g/mol. The third-order valence-electron chi connectivity index (χ3n) is 3.14. The second-order valence-corrected chi connectivity index (χ2v) is 5.82. The molecule has 0 spiro atoms. The molecule has 4 N–H and O–H groups in total. The van der Waals surface area contributed by atoms with Gasteiger partial charge in [-0.25, -0.2) is 9.78 Å². The van der Waals surface area contributed by atoms with Crippen LogP contribution in [0, 0.1) is 13.8 Å². The highest BCUT2D eigenvalue weighted by atomic mass is 32.1. The van der Waals surface area contributed by atoms with E-state index in [0.717, 1.165) is 16.8 Å². The molecule has 1 unspecified atom stereocenters. The number of primary amides is 1. The van der Waals surface area contributed by atoms with E-state index in [1.807, 2.05) is 43.5 Å². The average Bonchev–Trinajstić information content (AvgIpc) is 2.83. The summed E-state index contributed by atoms with van der Waals surface area (Å²) in [6.07, 6.45) is 0.0897. The smallest absolute Gasteiger partial charge is 0.312 e. The zero-order valence-corrected chi connectivity index (χ0v) is 13.2. The van der Waals surface area contributed by atoms with E-state index >= 15 is 0 Å². The van der Waals surface area contributed by atoms with E-state index < -0.39 is 12.1 Å². The maximum absolute atomic E-state index is 12.2. The number of urea groups is 1. The molecule has 0 radical (unpaired) electrons. The highest BCUT2D eigenvalue weighted by Gasteiger charge is 2.19. The summed E-state index contributed by atoms with van der Waals surface area (Å²) in [5.41, 5.74) is 7.93. The van der Waals surface area contributed by atoms with Gasteiger partial charge < -0.3 is 16.4 Å². The summed E-state index contributed by atoms with van der Waals surface area (Å²) in [7, 11) is 0.